The fraction of sp³-hybridized carbons (Fsp3) is 0.688. The van der Waals surface area contributed by atoms with E-state index in [1.165, 1.54) is 52.1 Å². The summed E-state index contributed by atoms with van der Waals surface area (Å²) in [6, 6.07) is 2.14. The second-order valence-corrected chi connectivity index (χ2v) is 6.11. The lowest BCUT2D eigenvalue weighted by atomic mass is 9.79. The molecule has 21 heavy (non-hydrogen) atoms. The van der Waals surface area contributed by atoms with Gasteiger partial charge < -0.3 is 9.64 Å². The second kappa shape index (κ2) is 6.41. The lowest BCUT2D eigenvalue weighted by molar-refractivity contribution is 0.0594. The number of ether oxygens (including phenoxy) is 1. The summed E-state index contributed by atoms with van der Waals surface area (Å²) in [5.41, 5.74) is 0.343. The Morgan fingerprint density at radius 2 is 2.19 bits per heavy atom. The summed E-state index contributed by atoms with van der Waals surface area (Å²) in [6.45, 7) is 0.988. The third-order valence-electron chi connectivity index (χ3n) is 4.75. The smallest absolute Gasteiger partial charge is 0.356 e. The summed E-state index contributed by atoms with van der Waals surface area (Å²) in [6.07, 6.45) is 10.7. The van der Waals surface area contributed by atoms with Crippen LogP contribution in [0.1, 0.15) is 55.4 Å². The summed E-state index contributed by atoms with van der Waals surface area (Å²) in [7, 11) is 1.38. The van der Waals surface area contributed by atoms with Gasteiger partial charge in [-0.2, -0.15) is 0 Å². The van der Waals surface area contributed by atoms with E-state index in [1.807, 2.05) is 0 Å². The Labute approximate surface area is 125 Å². The van der Waals surface area contributed by atoms with Crippen LogP contribution in [0.25, 0.3) is 0 Å². The van der Waals surface area contributed by atoms with Gasteiger partial charge in [-0.3, -0.25) is 0 Å². The highest BCUT2D eigenvalue weighted by atomic mass is 16.5. The minimum Gasteiger partial charge on any atom is -0.464 e. The van der Waals surface area contributed by atoms with Gasteiger partial charge in [-0.25, -0.2) is 14.8 Å². The molecule has 0 amide bonds. The van der Waals surface area contributed by atoms with Crippen molar-refractivity contribution in [2.45, 2.75) is 51.0 Å². The number of rotatable bonds is 4. The topological polar surface area (TPSA) is 55.3 Å². The van der Waals surface area contributed by atoms with Gasteiger partial charge in [0.05, 0.1) is 7.11 Å². The third kappa shape index (κ3) is 3.17. The Morgan fingerprint density at radius 3 is 2.90 bits per heavy atom. The molecule has 1 aliphatic carbocycles. The monoisotopic (exact) mass is 289 g/mol. The normalized spacial score (nSPS) is 22.7. The van der Waals surface area contributed by atoms with E-state index < -0.39 is 5.97 Å². The van der Waals surface area contributed by atoms with E-state index >= 15 is 0 Å². The van der Waals surface area contributed by atoms with E-state index in [4.69, 9.17) is 4.74 Å². The van der Waals surface area contributed by atoms with Crippen LogP contribution in [0.2, 0.25) is 0 Å². The maximum Gasteiger partial charge on any atom is 0.356 e. The fourth-order valence-corrected chi connectivity index (χ4v) is 3.33. The first-order chi connectivity index (χ1) is 10.3. The molecule has 2 fully saturated rings. The highest BCUT2D eigenvalue weighted by molar-refractivity contribution is 5.87. The number of carbonyl (C=O) groups excluding carboxylic acids is 1. The van der Waals surface area contributed by atoms with Crippen molar-refractivity contribution in [2.75, 3.05) is 18.6 Å². The minimum atomic E-state index is -0.397. The van der Waals surface area contributed by atoms with Crippen molar-refractivity contribution in [3.8, 4) is 0 Å². The molecular formula is C16H23N3O2. The molecule has 1 aromatic rings. The fourth-order valence-electron chi connectivity index (χ4n) is 3.33. The summed E-state index contributed by atoms with van der Waals surface area (Å²) >= 11 is 0. The van der Waals surface area contributed by atoms with Crippen LogP contribution in [0, 0.1) is 5.92 Å². The van der Waals surface area contributed by atoms with Crippen LogP contribution in [0.15, 0.2) is 12.3 Å². The maximum absolute atomic E-state index is 11.6. The van der Waals surface area contributed by atoms with Crippen molar-refractivity contribution in [1.29, 1.82) is 0 Å². The van der Waals surface area contributed by atoms with Crippen molar-refractivity contribution in [3.05, 3.63) is 18.0 Å². The van der Waals surface area contributed by atoms with Crippen LogP contribution in [0.3, 0.4) is 0 Å². The number of esters is 1. The average Bonchev–Trinajstić information content (AvgIpc) is 2.50. The Morgan fingerprint density at radius 1 is 1.33 bits per heavy atom. The first kappa shape index (κ1) is 14.3. The van der Waals surface area contributed by atoms with Crippen molar-refractivity contribution in [2.24, 2.45) is 5.92 Å². The predicted octanol–water partition coefficient (Wildman–Crippen LogP) is 2.81. The predicted molar refractivity (Wildman–Crippen MR) is 80.3 cm³/mol. The molecule has 0 N–H and O–H groups in total. The summed E-state index contributed by atoms with van der Waals surface area (Å²) in [5.74, 6) is 1.16. The molecule has 0 radical (unpaired) electrons. The zero-order valence-electron chi connectivity index (χ0n) is 12.6. The summed E-state index contributed by atoms with van der Waals surface area (Å²) in [4.78, 5) is 22.7. The van der Waals surface area contributed by atoms with Crippen molar-refractivity contribution < 1.29 is 9.53 Å². The Balaban J connectivity index is 1.77. The molecule has 1 aromatic heterocycles. The first-order valence-electron chi connectivity index (χ1n) is 7.96. The molecular weight excluding hydrogens is 266 g/mol. The minimum absolute atomic E-state index is 0.343. The van der Waals surface area contributed by atoms with Crippen LogP contribution in [-0.2, 0) is 4.74 Å². The number of anilines is 1. The molecule has 1 saturated heterocycles. The molecule has 1 saturated carbocycles. The van der Waals surface area contributed by atoms with Crippen molar-refractivity contribution >= 4 is 11.9 Å². The van der Waals surface area contributed by atoms with E-state index in [0.717, 1.165) is 12.5 Å². The van der Waals surface area contributed by atoms with Crippen LogP contribution >= 0.6 is 0 Å². The third-order valence-corrected chi connectivity index (χ3v) is 4.75. The maximum atomic E-state index is 11.6. The van der Waals surface area contributed by atoms with Gasteiger partial charge in [-0.15, -0.1) is 0 Å². The standard InChI is InChI=1S/C16H23N3O2/c1-21-15(20)14-8-9-17-16(18-14)19-10-3-2-7-13(19)11-12-5-4-6-12/h8-9,12-13H,2-7,10-11H2,1H3. The lowest BCUT2D eigenvalue weighted by Crippen LogP contribution is -2.42. The van der Waals surface area contributed by atoms with Gasteiger partial charge in [0.1, 0.15) is 0 Å². The molecule has 0 spiro atoms. The van der Waals surface area contributed by atoms with Gasteiger partial charge in [-0.05, 0) is 37.7 Å². The summed E-state index contributed by atoms with van der Waals surface area (Å²) in [5, 5.41) is 0. The molecule has 1 unspecified atom stereocenters. The molecule has 0 bridgehead atoms. The number of nitrogens with zero attached hydrogens (tertiary/aromatic N) is 3. The number of piperidine rings is 1. The Bertz CT molecular complexity index is 502. The highest BCUT2D eigenvalue weighted by Gasteiger charge is 2.29. The number of carbonyl (C=O) groups is 1. The molecule has 0 aromatic carbocycles. The van der Waals surface area contributed by atoms with Crippen molar-refractivity contribution in [3.63, 3.8) is 0 Å². The molecule has 1 atom stereocenters. The van der Waals surface area contributed by atoms with E-state index in [9.17, 15) is 4.79 Å². The van der Waals surface area contributed by atoms with Crippen LogP contribution in [-0.4, -0.2) is 35.6 Å². The Kier molecular flexibility index (Phi) is 4.36. The zero-order valence-corrected chi connectivity index (χ0v) is 12.6. The second-order valence-electron chi connectivity index (χ2n) is 6.11. The Hall–Kier alpha value is -1.65. The quantitative estimate of drug-likeness (QED) is 0.798. The van der Waals surface area contributed by atoms with Crippen LogP contribution in [0.4, 0.5) is 5.95 Å². The largest absolute Gasteiger partial charge is 0.464 e. The SMILES string of the molecule is COC(=O)c1ccnc(N2CCCCC2CC2CCC2)n1. The van der Waals surface area contributed by atoms with Gasteiger partial charge in [0.15, 0.2) is 5.69 Å². The van der Waals surface area contributed by atoms with Gasteiger partial charge in [0, 0.05) is 18.8 Å². The molecule has 3 rings (SSSR count). The number of aromatic nitrogens is 2. The van der Waals surface area contributed by atoms with Gasteiger partial charge in [-0.1, -0.05) is 19.3 Å². The van der Waals surface area contributed by atoms with Gasteiger partial charge in [0.2, 0.25) is 5.95 Å². The van der Waals surface area contributed by atoms with Gasteiger partial charge in [0.25, 0.3) is 0 Å². The first-order valence-corrected chi connectivity index (χ1v) is 7.96. The average molecular weight is 289 g/mol. The number of methoxy groups -OCH3 is 1. The lowest BCUT2D eigenvalue weighted by Gasteiger charge is -2.39. The molecule has 1 aliphatic heterocycles. The zero-order chi connectivity index (χ0) is 14.7. The molecule has 2 aliphatic rings. The van der Waals surface area contributed by atoms with Gasteiger partial charge >= 0.3 is 5.97 Å². The van der Waals surface area contributed by atoms with Crippen molar-refractivity contribution in [1.82, 2.24) is 9.97 Å². The molecule has 114 valence electrons. The van der Waals surface area contributed by atoms with E-state index in [-0.39, 0.29) is 0 Å². The van der Waals surface area contributed by atoms with E-state index in [0.29, 0.717) is 17.7 Å². The highest BCUT2D eigenvalue weighted by Crippen LogP contribution is 2.35. The van der Waals surface area contributed by atoms with E-state index in [1.54, 1.807) is 12.3 Å². The summed E-state index contributed by atoms with van der Waals surface area (Å²) < 4.78 is 4.75. The van der Waals surface area contributed by atoms with Crippen LogP contribution in [0.5, 0.6) is 0 Å². The van der Waals surface area contributed by atoms with E-state index in [2.05, 4.69) is 14.9 Å². The molecule has 5 heteroatoms. The van der Waals surface area contributed by atoms with Crippen LogP contribution < -0.4 is 4.90 Å². The molecule has 2 heterocycles. The number of hydrogen-bond acceptors (Lipinski definition) is 5. The number of hydrogen-bond donors (Lipinski definition) is 0. The molecule has 5 nitrogen and oxygen atoms in total.